The van der Waals surface area contributed by atoms with E-state index in [1.54, 1.807) is 24.3 Å². The van der Waals surface area contributed by atoms with Crippen LogP contribution in [0.1, 0.15) is 16.7 Å². The van der Waals surface area contributed by atoms with Gasteiger partial charge in [0.05, 0.1) is 27.4 Å². The van der Waals surface area contributed by atoms with Crippen molar-refractivity contribution in [3.05, 3.63) is 83.4 Å². The van der Waals surface area contributed by atoms with Crippen LogP contribution >= 0.6 is 0 Å². The van der Waals surface area contributed by atoms with E-state index >= 15 is 0 Å². The van der Waals surface area contributed by atoms with Gasteiger partial charge in [0.1, 0.15) is 5.75 Å². The molecule has 0 saturated heterocycles. The Morgan fingerprint density at radius 3 is 2.18 bits per heavy atom. The van der Waals surface area contributed by atoms with E-state index in [0.29, 0.717) is 17.9 Å². The molecule has 6 nitrogen and oxygen atoms in total. The lowest BCUT2D eigenvalue weighted by Gasteiger charge is -2.18. The van der Waals surface area contributed by atoms with E-state index < -0.39 is 47.4 Å². The molecule has 0 amide bonds. The van der Waals surface area contributed by atoms with Crippen molar-refractivity contribution in [2.45, 2.75) is 39.7 Å². The topological polar surface area (TPSA) is 89.5 Å². The predicted molar refractivity (Wildman–Crippen MR) is 118 cm³/mol. The summed E-state index contributed by atoms with van der Waals surface area (Å²) >= 11 is 0. The number of sulfonamides is 1. The molecular weight excluding hydrogens is 491 g/mol. The smallest absolute Gasteiger partial charge is 0.417 e. The van der Waals surface area contributed by atoms with Crippen molar-refractivity contribution in [1.82, 2.24) is 4.72 Å². The third kappa shape index (κ3) is 4.68. The highest BCUT2D eigenvalue weighted by Crippen LogP contribution is 2.37. The maximum absolute atomic E-state index is 13.7. The Bertz CT molecular complexity index is 1440. The lowest BCUT2D eigenvalue weighted by atomic mass is 10.1. The number of hydrogen-bond donors (Lipinski definition) is 1. The summed E-state index contributed by atoms with van der Waals surface area (Å²) in [5.74, 6) is 0.584. The van der Waals surface area contributed by atoms with Crippen molar-refractivity contribution < 1.29 is 34.7 Å². The van der Waals surface area contributed by atoms with Gasteiger partial charge >= 0.3 is 6.18 Å². The highest BCUT2D eigenvalue weighted by atomic mass is 32.2. The number of rotatable bonds is 6. The molecule has 1 unspecified atom stereocenters. The highest BCUT2D eigenvalue weighted by Gasteiger charge is 2.39. The van der Waals surface area contributed by atoms with Gasteiger partial charge in [-0.05, 0) is 66.4 Å². The molecule has 3 aromatic rings. The molecule has 0 fully saturated rings. The number of nitrogens with one attached hydrogen (secondary N) is 1. The standard InChI is InChI=1S/C23H20F3NO5S2/c1-32-18-8-7-15-11-17(12-16(15)13-18)27-34(30,31)22-14-20(9-10-21(22)23(24,25)26)33(28,29)19-5-3-2-4-6-19/h2-10,13-14,17,27H,11-12H2,1H3. The molecule has 1 N–H and O–H groups in total. The van der Waals surface area contributed by atoms with Crippen LogP contribution in [0.15, 0.2) is 81.4 Å². The minimum atomic E-state index is -5.01. The first-order valence-electron chi connectivity index (χ1n) is 10.1. The Hall–Kier alpha value is -2.89. The Labute approximate surface area is 195 Å². The third-order valence-corrected chi connectivity index (χ3v) is 8.91. The second-order valence-corrected chi connectivity index (χ2v) is 11.5. The monoisotopic (exact) mass is 511 g/mol. The quantitative estimate of drug-likeness (QED) is 0.541. The molecule has 1 atom stereocenters. The predicted octanol–water partition coefficient (Wildman–Crippen LogP) is 3.99. The van der Waals surface area contributed by atoms with Crippen molar-refractivity contribution in [2.24, 2.45) is 0 Å². The SMILES string of the molecule is COc1ccc2c(c1)CC(NS(=O)(=O)c1cc(S(=O)(=O)c3ccccc3)ccc1C(F)(F)F)C2. The van der Waals surface area contributed by atoms with Gasteiger partial charge in [0.15, 0.2) is 0 Å². The fourth-order valence-electron chi connectivity index (χ4n) is 3.95. The molecule has 0 spiro atoms. The van der Waals surface area contributed by atoms with Crippen LogP contribution in [0.2, 0.25) is 0 Å². The van der Waals surface area contributed by atoms with Crippen molar-refractivity contribution >= 4 is 19.9 Å². The lowest BCUT2D eigenvalue weighted by molar-refractivity contribution is -0.139. The first-order valence-corrected chi connectivity index (χ1v) is 13.1. The van der Waals surface area contributed by atoms with Crippen LogP contribution in [0.25, 0.3) is 0 Å². The summed E-state index contributed by atoms with van der Waals surface area (Å²) in [5, 5.41) is 0. The number of fused-ring (bicyclic) bond motifs is 1. The maximum atomic E-state index is 13.7. The van der Waals surface area contributed by atoms with E-state index in [1.165, 1.54) is 31.4 Å². The lowest BCUT2D eigenvalue weighted by Crippen LogP contribution is -2.36. The minimum absolute atomic E-state index is 0.161. The van der Waals surface area contributed by atoms with E-state index in [0.717, 1.165) is 17.2 Å². The van der Waals surface area contributed by atoms with Gasteiger partial charge in [-0.25, -0.2) is 21.6 Å². The minimum Gasteiger partial charge on any atom is -0.497 e. The largest absolute Gasteiger partial charge is 0.497 e. The molecule has 4 rings (SSSR count). The van der Waals surface area contributed by atoms with Gasteiger partial charge in [-0.1, -0.05) is 24.3 Å². The van der Waals surface area contributed by atoms with Gasteiger partial charge in [-0.2, -0.15) is 13.2 Å². The van der Waals surface area contributed by atoms with Crippen LogP contribution in [0, 0.1) is 0 Å². The molecule has 11 heteroatoms. The Morgan fingerprint density at radius 1 is 0.853 bits per heavy atom. The van der Waals surface area contributed by atoms with Gasteiger partial charge in [0, 0.05) is 6.04 Å². The molecule has 3 aromatic carbocycles. The summed E-state index contributed by atoms with van der Waals surface area (Å²) in [5.41, 5.74) is 0.234. The summed E-state index contributed by atoms with van der Waals surface area (Å²) in [6.07, 6.45) is -4.47. The number of hydrogen-bond acceptors (Lipinski definition) is 5. The van der Waals surface area contributed by atoms with E-state index in [1.807, 2.05) is 0 Å². The van der Waals surface area contributed by atoms with Crippen LogP contribution in [0.3, 0.4) is 0 Å². The van der Waals surface area contributed by atoms with E-state index in [9.17, 15) is 30.0 Å². The first-order chi connectivity index (χ1) is 15.9. The van der Waals surface area contributed by atoms with Crippen LogP contribution < -0.4 is 9.46 Å². The fourth-order valence-corrected chi connectivity index (χ4v) is 6.82. The summed E-state index contributed by atoms with van der Waals surface area (Å²) in [4.78, 5) is -1.84. The maximum Gasteiger partial charge on any atom is 0.417 e. The molecule has 1 aliphatic rings. The first kappa shape index (κ1) is 24.2. The summed E-state index contributed by atoms with van der Waals surface area (Å²) < 4.78 is 101. The second kappa shape index (κ2) is 8.71. The van der Waals surface area contributed by atoms with E-state index in [2.05, 4.69) is 4.72 Å². The molecule has 180 valence electrons. The summed E-state index contributed by atoms with van der Waals surface area (Å²) in [7, 11) is -7.47. The van der Waals surface area contributed by atoms with Crippen molar-refractivity contribution in [3.63, 3.8) is 0 Å². The van der Waals surface area contributed by atoms with Crippen LogP contribution in [-0.2, 0) is 38.9 Å². The summed E-state index contributed by atoms with van der Waals surface area (Å²) in [6.45, 7) is 0. The molecular formula is C23H20F3NO5S2. The highest BCUT2D eigenvalue weighted by molar-refractivity contribution is 7.91. The number of alkyl halides is 3. The third-order valence-electron chi connectivity index (χ3n) is 5.58. The molecule has 1 aliphatic carbocycles. The van der Waals surface area contributed by atoms with Gasteiger partial charge < -0.3 is 4.74 Å². The molecule has 0 heterocycles. The summed E-state index contributed by atoms with van der Waals surface area (Å²) in [6, 6.07) is 13.4. The number of benzene rings is 3. The molecule has 0 bridgehead atoms. The van der Waals surface area contributed by atoms with Crippen LogP contribution in [0.4, 0.5) is 13.2 Å². The number of halogens is 3. The zero-order chi connectivity index (χ0) is 24.7. The average molecular weight is 512 g/mol. The van der Waals surface area contributed by atoms with E-state index in [4.69, 9.17) is 4.74 Å². The van der Waals surface area contributed by atoms with Gasteiger partial charge in [0.25, 0.3) is 0 Å². The van der Waals surface area contributed by atoms with E-state index in [-0.39, 0.29) is 17.7 Å². The van der Waals surface area contributed by atoms with Crippen molar-refractivity contribution in [3.8, 4) is 5.75 Å². The van der Waals surface area contributed by atoms with Crippen molar-refractivity contribution in [2.75, 3.05) is 7.11 Å². The number of ether oxygens (including phenoxy) is 1. The Morgan fingerprint density at radius 2 is 1.53 bits per heavy atom. The molecule has 0 saturated carbocycles. The Balaban J connectivity index is 1.72. The zero-order valence-electron chi connectivity index (χ0n) is 17.8. The average Bonchev–Trinajstić information content (AvgIpc) is 3.19. The zero-order valence-corrected chi connectivity index (χ0v) is 19.5. The fraction of sp³-hybridized carbons (Fsp3) is 0.217. The van der Waals surface area contributed by atoms with Crippen LogP contribution in [0.5, 0.6) is 5.75 Å². The number of sulfone groups is 1. The van der Waals surface area contributed by atoms with Gasteiger partial charge in [-0.15, -0.1) is 0 Å². The van der Waals surface area contributed by atoms with Crippen molar-refractivity contribution in [1.29, 1.82) is 0 Å². The number of methoxy groups -OCH3 is 1. The van der Waals surface area contributed by atoms with Crippen LogP contribution in [-0.4, -0.2) is 30.0 Å². The molecule has 34 heavy (non-hydrogen) atoms. The second-order valence-electron chi connectivity index (χ2n) is 7.83. The molecule has 0 aromatic heterocycles. The molecule has 0 aliphatic heterocycles. The van der Waals surface area contributed by atoms with Gasteiger partial charge in [-0.3, -0.25) is 0 Å². The Kier molecular flexibility index (Phi) is 6.21. The normalized spacial score (nSPS) is 16.3. The molecule has 0 radical (unpaired) electrons. The van der Waals surface area contributed by atoms with Gasteiger partial charge in [0.2, 0.25) is 19.9 Å².